The van der Waals surface area contributed by atoms with Crippen LogP contribution < -0.4 is 5.32 Å². The van der Waals surface area contributed by atoms with E-state index in [-0.39, 0.29) is 11.8 Å². The van der Waals surface area contributed by atoms with Crippen molar-refractivity contribution in [2.24, 2.45) is 17.8 Å². The second-order valence-electron chi connectivity index (χ2n) is 4.36. The van der Waals surface area contributed by atoms with Gasteiger partial charge in [0.05, 0.1) is 0 Å². The summed E-state index contributed by atoms with van der Waals surface area (Å²) in [7, 11) is 0. The third-order valence-electron chi connectivity index (χ3n) is 3.32. The van der Waals surface area contributed by atoms with E-state index in [0.717, 1.165) is 25.3 Å². The van der Waals surface area contributed by atoms with Crippen LogP contribution in [0.25, 0.3) is 0 Å². The Hall–Kier alpha value is -0.530. The fourth-order valence-electron chi connectivity index (χ4n) is 2.10. The first kappa shape index (κ1) is 10.6. The van der Waals surface area contributed by atoms with Crippen LogP contribution in [-0.4, -0.2) is 12.5 Å². The molecule has 1 rings (SSSR count). The predicted molar refractivity (Wildman–Crippen MR) is 54.4 cm³/mol. The van der Waals surface area contributed by atoms with Crippen LogP contribution in [0.3, 0.4) is 0 Å². The highest BCUT2D eigenvalue weighted by Gasteiger charge is 2.28. The normalized spacial score (nSPS) is 34.2. The van der Waals surface area contributed by atoms with Gasteiger partial charge in [-0.3, -0.25) is 4.79 Å². The average Bonchev–Trinajstić information content (AvgIpc) is 2.10. The van der Waals surface area contributed by atoms with E-state index >= 15 is 0 Å². The second-order valence-corrected chi connectivity index (χ2v) is 4.36. The number of nitrogens with one attached hydrogen (secondary N) is 1. The van der Waals surface area contributed by atoms with E-state index in [0.29, 0.717) is 5.92 Å². The molecule has 0 saturated heterocycles. The zero-order valence-electron chi connectivity index (χ0n) is 8.97. The monoisotopic (exact) mass is 183 g/mol. The molecule has 3 atom stereocenters. The van der Waals surface area contributed by atoms with Crippen LogP contribution in [0, 0.1) is 17.8 Å². The lowest BCUT2D eigenvalue weighted by Crippen LogP contribution is -2.35. The maximum absolute atomic E-state index is 11.5. The number of rotatable bonds is 2. The maximum atomic E-state index is 11.5. The lowest BCUT2D eigenvalue weighted by molar-refractivity contribution is -0.126. The van der Waals surface area contributed by atoms with E-state index in [1.54, 1.807) is 0 Å². The van der Waals surface area contributed by atoms with Gasteiger partial charge in [0.15, 0.2) is 0 Å². The summed E-state index contributed by atoms with van der Waals surface area (Å²) >= 11 is 0. The third kappa shape index (κ3) is 2.71. The number of carbonyl (C=O) groups is 1. The molecule has 0 radical (unpaired) electrons. The Kier molecular flexibility index (Phi) is 3.76. The van der Waals surface area contributed by atoms with Crippen LogP contribution in [0.15, 0.2) is 0 Å². The van der Waals surface area contributed by atoms with Gasteiger partial charge in [-0.2, -0.15) is 0 Å². The van der Waals surface area contributed by atoms with Crippen molar-refractivity contribution < 1.29 is 4.79 Å². The summed E-state index contributed by atoms with van der Waals surface area (Å²) in [5, 5.41) is 2.91. The quantitative estimate of drug-likeness (QED) is 0.698. The Balaban J connectivity index is 2.40. The van der Waals surface area contributed by atoms with E-state index in [9.17, 15) is 4.79 Å². The molecule has 0 aliphatic heterocycles. The molecule has 13 heavy (non-hydrogen) atoms. The minimum atomic E-state index is 0.265. The highest BCUT2D eigenvalue weighted by molar-refractivity contribution is 5.78. The van der Waals surface area contributed by atoms with Crippen molar-refractivity contribution in [3.63, 3.8) is 0 Å². The predicted octanol–water partition coefficient (Wildman–Crippen LogP) is 2.19. The van der Waals surface area contributed by atoms with Crippen molar-refractivity contribution in [3.05, 3.63) is 0 Å². The molecule has 0 spiro atoms. The summed E-state index contributed by atoms with van der Waals surface area (Å²) in [5.41, 5.74) is 0. The highest BCUT2D eigenvalue weighted by Crippen LogP contribution is 2.33. The van der Waals surface area contributed by atoms with Crippen molar-refractivity contribution >= 4 is 5.91 Å². The van der Waals surface area contributed by atoms with Crippen LogP contribution in [0.2, 0.25) is 0 Å². The summed E-state index contributed by atoms with van der Waals surface area (Å²) in [6.07, 6.45) is 3.37. The van der Waals surface area contributed by atoms with Gasteiger partial charge in [0.2, 0.25) is 5.91 Å². The minimum absolute atomic E-state index is 0.265. The molecular formula is C11H21NO. The summed E-state index contributed by atoms with van der Waals surface area (Å²) in [6, 6.07) is 0. The van der Waals surface area contributed by atoms with Crippen molar-refractivity contribution in [1.29, 1.82) is 0 Å². The fraction of sp³-hybridized carbons (Fsp3) is 0.909. The molecule has 0 heterocycles. The lowest BCUT2D eigenvalue weighted by Gasteiger charge is -2.31. The third-order valence-corrected chi connectivity index (χ3v) is 3.32. The van der Waals surface area contributed by atoms with E-state index in [1.165, 1.54) is 6.42 Å². The van der Waals surface area contributed by atoms with Crippen LogP contribution in [0.4, 0.5) is 0 Å². The van der Waals surface area contributed by atoms with Crippen molar-refractivity contribution in [2.45, 2.75) is 40.0 Å². The van der Waals surface area contributed by atoms with E-state index < -0.39 is 0 Å². The smallest absolute Gasteiger partial charge is 0.223 e. The minimum Gasteiger partial charge on any atom is -0.356 e. The Labute approximate surface area is 81.1 Å². The number of hydrogen-bond donors (Lipinski definition) is 1. The van der Waals surface area contributed by atoms with Gasteiger partial charge in [0.1, 0.15) is 0 Å². The average molecular weight is 183 g/mol. The maximum Gasteiger partial charge on any atom is 0.223 e. The molecule has 1 saturated carbocycles. The van der Waals surface area contributed by atoms with Crippen LogP contribution in [0.5, 0.6) is 0 Å². The van der Waals surface area contributed by atoms with Gasteiger partial charge in [-0.1, -0.05) is 13.8 Å². The van der Waals surface area contributed by atoms with Crippen LogP contribution in [0.1, 0.15) is 40.0 Å². The molecule has 0 aromatic heterocycles. The number of amides is 1. The molecule has 1 N–H and O–H groups in total. The molecule has 0 bridgehead atoms. The second kappa shape index (κ2) is 4.64. The molecule has 2 heteroatoms. The van der Waals surface area contributed by atoms with Gasteiger partial charge in [0.25, 0.3) is 0 Å². The molecule has 76 valence electrons. The fourth-order valence-corrected chi connectivity index (χ4v) is 2.10. The first-order valence-corrected chi connectivity index (χ1v) is 5.42. The first-order chi connectivity index (χ1) is 6.15. The summed E-state index contributed by atoms with van der Waals surface area (Å²) in [4.78, 5) is 11.5. The Morgan fingerprint density at radius 2 is 2.00 bits per heavy atom. The van der Waals surface area contributed by atoms with Crippen LogP contribution in [-0.2, 0) is 4.79 Å². The molecule has 1 amide bonds. The van der Waals surface area contributed by atoms with E-state index in [1.807, 2.05) is 6.92 Å². The Bertz CT molecular complexity index is 179. The standard InChI is InChI=1S/C11H21NO/c1-4-12-11(13)10-6-5-8(2)9(3)7-10/h8-10H,4-7H2,1-3H3,(H,12,13)/t8-,9-,10?/m1/s1. The summed E-state index contributed by atoms with van der Waals surface area (Å²) < 4.78 is 0. The summed E-state index contributed by atoms with van der Waals surface area (Å²) in [6.45, 7) is 7.29. The van der Waals surface area contributed by atoms with Gasteiger partial charge in [-0.15, -0.1) is 0 Å². The molecule has 1 aliphatic rings. The number of hydrogen-bond acceptors (Lipinski definition) is 1. The highest BCUT2D eigenvalue weighted by atomic mass is 16.1. The zero-order chi connectivity index (χ0) is 9.84. The number of carbonyl (C=O) groups excluding carboxylic acids is 1. The van der Waals surface area contributed by atoms with Gasteiger partial charge in [0, 0.05) is 12.5 Å². The first-order valence-electron chi connectivity index (χ1n) is 5.42. The van der Waals surface area contributed by atoms with Crippen molar-refractivity contribution in [3.8, 4) is 0 Å². The lowest BCUT2D eigenvalue weighted by atomic mass is 9.75. The molecule has 1 unspecified atom stereocenters. The topological polar surface area (TPSA) is 29.1 Å². The largest absolute Gasteiger partial charge is 0.356 e. The van der Waals surface area contributed by atoms with Crippen molar-refractivity contribution in [2.75, 3.05) is 6.54 Å². The summed E-state index contributed by atoms with van der Waals surface area (Å²) in [5.74, 6) is 2.06. The molecule has 2 nitrogen and oxygen atoms in total. The van der Waals surface area contributed by atoms with Gasteiger partial charge >= 0.3 is 0 Å². The van der Waals surface area contributed by atoms with E-state index in [2.05, 4.69) is 19.2 Å². The molecule has 1 fully saturated rings. The molecule has 0 aromatic rings. The molecule has 0 aromatic carbocycles. The van der Waals surface area contributed by atoms with E-state index in [4.69, 9.17) is 0 Å². The molecule has 1 aliphatic carbocycles. The van der Waals surface area contributed by atoms with Gasteiger partial charge < -0.3 is 5.32 Å². The zero-order valence-corrected chi connectivity index (χ0v) is 8.97. The van der Waals surface area contributed by atoms with Gasteiger partial charge in [-0.25, -0.2) is 0 Å². The Morgan fingerprint density at radius 1 is 1.31 bits per heavy atom. The van der Waals surface area contributed by atoms with Crippen LogP contribution >= 0.6 is 0 Å². The van der Waals surface area contributed by atoms with Crippen molar-refractivity contribution in [1.82, 2.24) is 5.32 Å². The molecular weight excluding hydrogens is 162 g/mol. The van der Waals surface area contributed by atoms with Gasteiger partial charge in [-0.05, 0) is 38.0 Å². The SMILES string of the molecule is CCNC(=O)C1CC[C@@H](C)[C@H](C)C1. The Morgan fingerprint density at radius 3 is 2.54 bits per heavy atom.